The third-order valence-corrected chi connectivity index (χ3v) is 7.09. The van der Waals surface area contributed by atoms with Crippen molar-refractivity contribution in [2.45, 2.75) is 24.0 Å². The first-order chi connectivity index (χ1) is 16.0. The predicted octanol–water partition coefficient (Wildman–Crippen LogP) is 3.10. The highest BCUT2D eigenvalue weighted by Crippen LogP contribution is 2.47. The molecule has 1 fully saturated rings. The molecule has 0 unspecified atom stereocenters. The number of hydrogen-bond acceptors (Lipinski definition) is 4. The van der Waals surface area contributed by atoms with Gasteiger partial charge >= 0.3 is 0 Å². The van der Waals surface area contributed by atoms with E-state index in [1.165, 1.54) is 0 Å². The molecule has 1 saturated heterocycles. The summed E-state index contributed by atoms with van der Waals surface area (Å²) < 4.78 is 34.5. The lowest BCUT2D eigenvalue weighted by Gasteiger charge is -2.27. The molecule has 184 valence electrons. The summed E-state index contributed by atoms with van der Waals surface area (Å²) >= 11 is 0. The summed E-state index contributed by atoms with van der Waals surface area (Å²) in [4.78, 5) is 37.7. The molecule has 2 aromatic rings. The van der Waals surface area contributed by atoms with E-state index in [1.807, 2.05) is 18.8 Å². The molecule has 7 nitrogen and oxygen atoms in total. The zero-order valence-electron chi connectivity index (χ0n) is 19.5. The van der Waals surface area contributed by atoms with E-state index in [9.17, 15) is 23.2 Å². The Bertz CT molecular complexity index is 1090. The van der Waals surface area contributed by atoms with Crippen molar-refractivity contribution >= 4 is 33.4 Å². The Hall–Kier alpha value is -2.98. The van der Waals surface area contributed by atoms with Crippen LogP contribution in [0, 0.1) is 17.6 Å². The van der Waals surface area contributed by atoms with Crippen molar-refractivity contribution in [1.82, 2.24) is 10.6 Å². The lowest BCUT2D eigenvalue weighted by Crippen LogP contribution is -2.40. The van der Waals surface area contributed by atoms with Crippen LogP contribution in [-0.4, -0.2) is 50.1 Å². The highest BCUT2D eigenvalue weighted by Gasteiger charge is 2.32. The van der Waals surface area contributed by atoms with E-state index in [2.05, 4.69) is 16.0 Å². The Balaban J connectivity index is 1.87. The minimum atomic E-state index is -1.53. The second-order valence-corrected chi connectivity index (χ2v) is 13.0. The Kier molecular flexibility index (Phi) is 7.93. The summed E-state index contributed by atoms with van der Waals surface area (Å²) in [5.41, 5.74) is 0.984. The van der Waals surface area contributed by atoms with E-state index in [1.54, 1.807) is 31.4 Å². The summed E-state index contributed by atoms with van der Waals surface area (Å²) in [6, 6.07) is 7.67. The van der Waals surface area contributed by atoms with Gasteiger partial charge in [0, 0.05) is 31.0 Å². The van der Waals surface area contributed by atoms with Gasteiger partial charge in [-0.25, -0.2) is 18.8 Å². The minimum Gasteiger partial charge on any atom is -0.380 e. The molecule has 1 aliphatic heterocycles. The van der Waals surface area contributed by atoms with Gasteiger partial charge < -0.3 is 20.7 Å². The third-order valence-electron chi connectivity index (χ3n) is 5.46. The third kappa shape index (κ3) is 6.12. The summed E-state index contributed by atoms with van der Waals surface area (Å²) in [5.74, 6) is -3.47. The molecule has 3 rings (SSSR count). The van der Waals surface area contributed by atoms with Gasteiger partial charge in [0.05, 0.1) is 18.2 Å². The van der Waals surface area contributed by atoms with Crippen molar-refractivity contribution in [2.24, 2.45) is 5.92 Å². The van der Waals surface area contributed by atoms with Gasteiger partial charge in [0.1, 0.15) is 17.7 Å². The van der Waals surface area contributed by atoms with Crippen LogP contribution >= 0.6 is 10.0 Å². The first kappa shape index (κ1) is 25.6. The number of rotatable bonds is 8. The first-order valence-corrected chi connectivity index (χ1v) is 13.5. The van der Waals surface area contributed by atoms with Crippen LogP contribution in [0.15, 0.2) is 41.3 Å². The number of anilines is 1. The summed E-state index contributed by atoms with van der Waals surface area (Å²) in [5, 5.41) is 7.64. The van der Waals surface area contributed by atoms with Crippen LogP contribution in [0.5, 0.6) is 0 Å². The predicted molar refractivity (Wildman–Crippen MR) is 128 cm³/mol. The van der Waals surface area contributed by atoms with Gasteiger partial charge in [-0.2, -0.15) is 0 Å². The molecule has 0 bridgehead atoms. The van der Waals surface area contributed by atoms with Gasteiger partial charge in [0.25, 0.3) is 5.91 Å². The normalized spacial score (nSPS) is 17.1. The largest absolute Gasteiger partial charge is 0.380 e. The van der Waals surface area contributed by atoms with Crippen LogP contribution in [0.3, 0.4) is 0 Å². The molecule has 0 radical (unpaired) electrons. The monoisotopic (exact) mass is 493 g/mol. The standard InChI is InChI=1S/C24H29F2N3O4S/c1-33-13-14-5-7-15(8-6-14)22(29-23(31)16-9-21(30)27-12-16)24(32)28-19-10-18(26)20(11-17(19)25)34(2,3)4/h5-8,10-11,16,22H,9,12-13H2,1-4H3,(H,27,30)(H,28,32)(H,29,31)/t16-,22+/m0/s1. The molecule has 0 spiro atoms. The number of methoxy groups -OCH3 is 1. The topological polar surface area (TPSA) is 96.5 Å². The number of amides is 3. The van der Waals surface area contributed by atoms with Crippen molar-refractivity contribution in [3.05, 3.63) is 59.2 Å². The van der Waals surface area contributed by atoms with Gasteiger partial charge in [-0.15, -0.1) is 0 Å². The van der Waals surface area contributed by atoms with Gasteiger partial charge in [0.2, 0.25) is 11.8 Å². The maximum absolute atomic E-state index is 14.8. The average molecular weight is 494 g/mol. The van der Waals surface area contributed by atoms with Gasteiger partial charge in [0.15, 0.2) is 0 Å². The molecule has 0 aliphatic carbocycles. The smallest absolute Gasteiger partial charge is 0.251 e. The summed E-state index contributed by atoms with van der Waals surface area (Å²) in [6.07, 6.45) is 5.53. The molecule has 2 atom stereocenters. The Morgan fingerprint density at radius 1 is 1.15 bits per heavy atom. The van der Waals surface area contributed by atoms with Crippen LogP contribution in [-0.2, 0) is 25.7 Å². The molecular weight excluding hydrogens is 464 g/mol. The van der Waals surface area contributed by atoms with Crippen LogP contribution < -0.4 is 16.0 Å². The van der Waals surface area contributed by atoms with Gasteiger partial charge in [-0.05, 0) is 36.0 Å². The molecule has 1 aliphatic rings. The fourth-order valence-corrected chi connectivity index (χ4v) is 4.72. The van der Waals surface area contributed by atoms with Crippen molar-refractivity contribution in [3.8, 4) is 0 Å². The van der Waals surface area contributed by atoms with Crippen LogP contribution in [0.4, 0.5) is 14.5 Å². The van der Waals surface area contributed by atoms with E-state index in [4.69, 9.17) is 4.74 Å². The van der Waals surface area contributed by atoms with E-state index in [0.717, 1.165) is 17.7 Å². The number of carbonyl (C=O) groups is 3. The highest BCUT2D eigenvalue weighted by atomic mass is 32.3. The Morgan fingerprint density at radius 3 is 2.38 bits per heavy atom. The molecule has 0 aromatic heterocycles. The molecule has 1 heterocycles. The first-order valence-electron chi connectivity index (χ1n) is 10.6. The van der Waals surface area contributed by atoms with Crippen LogP contribution in [0.2, 0.25) is 0 Å². The molecule has 0 saturated carbocycles. The molecule has 3 N–H and O–H groups in total. The zero-order valence-corrected chi connectivity index (χ0v) is 20.4. The van der Waals surface area contributed by atoms with E-state index >= 15 is 0 Å². The van der Waals surface area contributed by atoms with Crippen molar-refractivity contribution in [1.29, 1.82) is 0 Å². The minimum absolute atomic E-state index is 0.0172. The summed E-state index contributed by atoms with van der Waals surface area (Å²) in [7, 11) is 0.0292. The lowest BCUT2D eigenvalue weighted by molar-refractivity contribution is -0.129. The molecule has 3 amide bonds. The van der Waals surface area contributed by atoms with Crippen molar-refractivity contribution in [2.75, 3.05) is 37.7 Å². The second-order valence-electron chi connectivity index (χ2n) is 8.91. The van der Waals surface area contributed by atoms with Gasteiger partial charge in [-0.1, -0.05) is 24.3 Å². The summed E-state index contributed by atoms with van der Waals surface area (Å²) in [6.45, 7) is 0.536. The number of hydrogen-bond donors (Lipinski definition) is 3. The zero-order chi connectivity index (χ0) is 25.0. The van der Waals surface area contributed by atoms with Crippen molar-refractivity contribution in [3.63, 3.8) is 0 Å². The fraction of sp³-hybridized carbons (Fsp3) is 0.375. The Morgan fingerprint density at radius 2 is 1.82 bits per heavy atom. The van der Waals surface area contributed by atoms with E-state index in [-0.39, 0.29) is 29.5 Å². The Labute approximate surface area is 198 Å². The SMILES string of the molecule is COCc1ccc([C@@H](NC(=O)[C@@H]2CNC(=O)C2)C(=O)Nc2cc(F)c(S(C)(C)C)cc2F)cc1. The molecule has 34 heavy (non-hydrogen) atoms. The fourth-order valence-electron chi connectivity index (χ4n) is 3.62. The number of halogens is 2. The second kappa shape index (κ2) is 10.5. The molecule has 2 aromatic carbocycles. The number of benzene rings is 2. The van der Waals surface area contributed by atoms with E-state index in [0.29, 0.717) is 12.2 Å². The van der Waals surface area contributed by atoms with Gasteiger partial charge in [-0.3, -0.25) is 14.4 Å². The maximum atomic E-state index is 14.8. The average Bonchev–Trinajstić information content (AvgIpc) is 3.20. The highest BCUT2D eigenvalue weighted by molar-refractivity contribution is 8.32. The number of nitrogens with one attached hydrogen (secondary N) is 3. The van der Waals surface area contributed by atoms with Crippen LogP contribution in [0.25, 0.3) is 0 Å². The molecule has 10 heteroatoms. The van der Waals surface area contributed by atoms with Crippen molar-refractivity contribution < 1.29 is 27.9 Å². The van der Waals surface area contributed by atoms with E-state index < -0.39 is 45.4 Å². The number of ether oxygens (including phenoxy) is 1. The number of carbonyl (C=O) groups excluding carboxylic acids is 3. The van der Waals surface area contributed by atoms with Crippen LogP contribution in [0.1, 0.15) is 23.6 Å². The maximum Gasteiger partial charge on any atom is 0.251 e. The molecular formula is C24H29F2N3O4S. The lowest BCUT2D eigenvalue weighted by atomic mass is 10.0. The quantitative estimate of drug-likeness (QED) is 0.527.